The fraction of sp³-hybridized carbons (Fsp3) is 0.250. The molecular formula is C20H21NO4S. The largest absolute Gasteiger partial charge is 0.426 e. The third-order valence-electron chi connectivity index (χ3n) is 4.35. The Morgan fingerprint density at radius 1 is 1.15 bits per heavy atom. The van der Waals surface area contributed by atoms with Crippen molar-refractivity contribution in [2.45, 2.75) is 38.0 Å². The van der Waals surface area contributed by atoms with Gasteiger partial charge < -0.3 is 4.74 Å². The highest BCUT2D eigenvalue weighted by Crippen LogP contribution is 2.39. The van der Waals surface area contributed by atoms with Crippen molar-refractivity contribution in [2.75, 3.05) is 4.72 Å². The van der Waals surface area contributed by atoms with Crippen LogP contribution in [0.15, 0.2) is 53.4 Å². The number of fused-ring (bicyclic) bond motifs is 1. The third kappa shape index (κ3) is 3.65. The van der Waals surface area contributed by atoms with Gasteiger partial charge in [0.05, 0.1) is 10.6 Å². The molecule has 3 rings (SSSR count). The van der Waals surface area contributed by atoms with E-state index in [1.807, 2.05) is 26.0 Å². The van der Waals surface area contributed by atoms with Gasteiger partial charge >= 0.3 is 5.97 Å². The van der Waals surface area contributed by atoms with Crippen molar-refractivity contribution in [3.8, 4) is 5.75 Å². The second kappa shape index (κ2) is 6.96. The van der Waals surface area contributed by atoms with Crippen molar-refractivity contribution in [1.82, 2.24) is 0 Å². The van der Waals surface area contributed by atoms with E-state index in [2.05, 4.69) is 4.72 Å². The van der Waals surface area contributed by atoms with Crippen LogP contribution in [0.25, 0.3) is 0 Å². The molecule has 6 heteroatoms. The lowest BCUT2D eigenvalue weighted by molar-refractivity contribution is -0.131. The predicted octanol–water partition coefficient (Wildman–Crippen LogP) is 3.94. The van der Waals surface area contributed by atoms with Gasteiger partial charge in [0.15, 0.2) is 0 Å². The van der Waals surface area contributed by atoms with E-state index >= 15 is 0 Å². The van der Waals surface area contributed by atoms with Gasteiger partial charge in [-0.2, -0.15) is 0 Å². The van der Waals surface area contributed by atoms with E-state index in [0.29, 0.717) is 17.9 Å². The van der Waals surface area contributed by atoms with Crippen LogP contribution in [0.4, 0.5) is 5.69 Å². The smallest absolute Gasteiger partial charge is 0.308 e. The number of benzene rings is 2. The first-order chi connectivity index (χ1) is 12.3. The highest BCUT2D eigenvalue weighted by atomic mass is 32.2. The second-order valence-electron chi connectivity index (χ2n) is 6.44. The summed E-state index contributed by atoms with van der Waals surface area (Å²) in [5, 5.41) is 0. The Hall–Kier alpha value is -2.60. The summed E-state index contributed by atoms with van der Waals surface area (Å²) in [6.45, 7) is 5.24. The van der Waals surface area contributed by atoms with Gasteiger partial charge in [-0.25, -0.2) is 8.42 Å². The molecule has 5 nitrogen and oxygen atoms in total. The zero-order chi connectivity index (χ0) is 18.9. The van der Waals surface area contributed by atoms with Gasteiger partial charge in [-0.05, 0) is 43.2 Å². The average molecular weight is 371 g/mol. The lowest BCUT2D eigenvalue weighted by Gasteiger charge is -2.24. The lowest BCUT2D eigenvalue weighted by Crippen LogP contribution is -2.17. The lowest BCUT2D eigenvalue weighted by atomic mass is 9.87. The molecule has 0 fully saturated rings. The molecule has 136 valence electrons. The highest BCUT2D eigenvalue weighted by Gasteiger charge is 2.24. The molecular weight excluding hydrogens is 350 g/mol. The van der Waals surface area contributed by atoms with Crippen LogP contribution in [-0.4, -0.2) is 14.4 Å². The minimum Gasteiger partial charge on any atom is -0.426 e. The third-order valence-corrected chi connectivity index (χ3v) is 5.73. The number of carbonyl (C=O) groups is 1. The van der Waals surface area contributed by atoms with Crippen LogP contribution in [0.1, 0.15) is 36.5 Å². The van der Waals surface area contributed by atoms with Crippen LogP contribution < -0.4 is 9.46 Å². The van der Waals surface area contributed by atoms with Crippen molar-refractivity contribution >= 4 is 21.7 Å². The molecule has 26 heavy (non-hydrogen) atoms. The molecule has 0 radical (unpaired) electrons. The molecule has 1 aliphatic rings. The number of rotatable bonds is 4. The number of nitrogens with one attached hydrogen (secondary N) is 1. The van der Waals surface area contributed by atoms with Gasteiger partial charge in [0.25, 0.3) is 10.0 Å². The number of sulfonamides is 1. The van der Waals surface area contributed by atoms with E-state index in [9.17, 15) is 13.2 Å². The van der Waals surface area contributed by atoms with Gasteiger partial charge in [0.1, 0.15) is 5.75 Å². The number of anilines is 1. The highest BCUT2D eigenvalue weighted by molar-refractivity contribution is 7.92. The van der Waals surface area contributed by atoms with E-state index in [0.717, 1.165) is 16.7 Å². The van der Waals surface area contributed by atoms with Crippen LogP contribution in [0.2, 0.25) is 0 Å². The Bertz CT molecular complexity index is 976. The van der Waals surface area contributed by atoms with E-state index < -0.39 is 16.0 Å². The molecule has 0 spiro atoms. The van der Waals surface area contributed by atoms with Crippen LogP contribution >= 0.6 is 0 Å². The minimum atomic E-state index is -3.70. The Kier molecular flexibility index (Phi) is 4.87. The number of hydrogen-bond acceptors (Lipinski definition) is 4. The molecule has 1 unspecified atom stereocenters. The summed E-state index contributed by atoms with van der Waals surface area (Å²) < 4.78 is 33.5. The van der Waals surface area contributed by atoms with Crippen LogP contribution in [0.5, 0.6) is 5.75 Å². The van der Waals surface area contributed by atoms with E-state index in [1.54, 1.807) is 36.4 Å². The Labute approximate surface area is 153 Å². The van der Waals surface area contributed by atoms with Gasteiger partial charge in [-0.15, -0.1) is 0 Å². The predicted molar refractivity (Wildman–Crippen MR) is 101 cm³/mol. The topological polar surface area (TPSA) is 72.5 Å². The monoisotopic (exact) mass is 371 g/mol. The Morgan fingerprint density at radius 2 is 1.85 bits per heavy atom. The molecule has 0 aliphatic heterocycles. The summed E-state index contributed by atoms with van der Waals surface area (Å²) in [6.07, 6.45) is 4.60. The number of ether oxygens (including phenoxy) is 1. The second-order valence-corrected chi connectivity index (χ2v) is 8.12. The van der Waals surface area contributed by atoms with Crippen molar-refractivity contribution in [3.05, 3.63) is 65.2 Å². The quantitative estimate of drug-likeness (QED) is 0.502. The fourth-order valence-electron chi connectivity index (χ4n) is 3.12. The summed E-state index contributed by atoms with van der Waals surface area (Å²) in [6, 6.07) is 9.98. The molecule has 0 saturated carbocycles. The molecule has 2 aromatic rings. The van der Waals surface area contributed by atoms with Crippen LogP contribution in [-0.2, 0) is 21.2 Å². The molecule has 1 aliphatic carbocycles. The summed E-state index contributed by atoms with van der Waals surface area (Å²) in [5.74, 6) is 0.0781. The maximum Gasteiger partial charge on any atom is 0.308 e. The van der Waals surface area contributed by atoms with Crippen LogP contribution in [0.3, 0.4) is 0 Å². The molecule has 1 N–H and O–H groups in total. The Morgan fingerprint density at radius 3 is 2.50 bits per heavy atom. The van der Waals surface area contributed by atoms with E-state index in [-0.39, 0.29) is 10.8 Å². The van der Waals surface area contributed by atoms with Crippen molar-refractivity contribution in [1.29, 1.82) is 0 Å². The molecule has 0 bridgehead atoms. The van der Waals surface area contributed by atoms with E-state index in [1.165, 1.54) is 6.92 Å². The zero-order valence-corrected chi connectivity index (χ0v) is 15.8. The van der Waals surface area contributed by atoms with Crippen molar-refractivity contribution in [3.63, 3.8) is 0 Å². The SMILES string of the molecule is CC(=O)Oc1ccc(NS(=O)(=O)c2ccc(C)cc2)c2c1CC=CC2C. The summed E-state index contributed by atoms with van der Waals surface area (Å²) in [7, 11) is -3.70. The fourth-order valence-corrected chi connectivity index (χ4v) is 4.20. The molecule has 1 atom stereocenters. The van der Waals surface area contributed by atoms with Gasteiger partial charge in [-0.1, -0.05) is 36.8 Å². The maximum atomic E-state index is 12.8. The molecule has 2 aromatic carbocycles. The number of allylic oxidation sites excluding steroid dienone is 2. The van der Waals surface area contributed by atoms with E-state index in [4.69, 9.17) is 4.74 Å². The summed E-state index contributed by atoms with van der Waals surface area (Å²) >= 11 is 0. The van der Waals surface area contributed by atoms with Gasteiger partial charge in [-0.3, -0.25) is 9.52 Å². The molecule has 0 saturated heterocycles. The minimum absolute atomic E-state index is 0.00461. The average Bonchev–Trinajstić information content (AvgIpc) is 2.57. The normalized spacial score (nSPS) is 16.0. The first-order valence-electron chi connectivity index (χ1n) is 8.38. The van der Waals surface area contributed by atoms with Crippen LogP contribution in [0, 0.1) is 6.92 Å². The Balaban J connectivity index is 2.03. The molecule has 0 heterocycles. The zero-order valence-electron chi connectivity index (χ0n) is 14.9. The summed E-state index contributed by atoms with van der Waals surface area (Å²) in [5.41, 5.74) is 3.17. The molecule has 0 amide bonds. The molecule has 0 aromatic heterocycles. The first-order valence-corrected chi connectivity index (χ1v) is 9.86. The van der Waals surface area contributed by atoms with Crippen molar-refractivity contribution < 1.29 is 17.9 Å². The standard InChI is InChI=1S/C20H21NO4S/c1-13-7-9-16(10-8-13)26(23,24)21-18-11-12-19(25-15(3)22)17-6-4-5-14(2)20(17)18/h4-5,7-12,14,21H,6H2,1-3H3. The van der Waals surface area contributed by atoms with Crippen molar-refractivity contribution in [2.24, 2.45) is 0 Å². The maximum absolute atomic E-state index is 12.8. The van der Waals surface area contributed by atoms with Gasteiger partial charge in [0, 0.05) is 18.4 Å². The number of carbonyl (C=O) groups excluding carboxylic acids is 1. The number of hydrogen-bond donors (Lipinski definition) is 1. The number of esters is 1. The van der Waals surface area contributed by atoms with Gasteiger partial charge in [0.2, 0.25) is 0 Å². The summed E-state index contributed by atoms with van der Waals surface area (Å²) in [4.78, 5) is 11.6. The number of aryl methyl sites for hydroxylation is 1. The first kappa shape index (κ1) is 18.2.